The van der Waals surface area contributed by atoms with Crippen LogP contribution in [0.4, 0.5) is 0 Å². The predicted octanol–water partition coefficient (Wildman–Crippen LogP) is 3.22. The first-order valence-electron chi connectivity index (χ1n) is 5.32. The Kier molecular flexibility index (Phi) is 2.36. The van der Waals surface area contributed by atoms with E-state index in [2.05, 4.69) is 51.1 Å². The summed E-state index contributed by atoms with van der Waals surface area (Å²) in [6.45, 7) is 7.66. The van der Waals surface area contributed by atoms with Gasteiger partial charge in [0, 0.05) is 5.92 Å². The fraction of sp³-hybridized carbons (Fsp3) is 0.538. The van der Waals surface area contributed by atoms with Crippen LogP contribution in [-0.4, -0.2) is 12.2 Å². The van der Waals surface area contributed by atoms with E-state index >= 15 is 0 Å². The van der Waals surface area contributed by atoms with Crippen LogP contribution >= 0.6 is 0 Å². The van der Waals surface area contributed by atoms with E-state index in [1.165, 1.54) is 5.56 Å². The molecule has 0 amide bonds. The van der Waals surface area contributed by atoms with Crippen molar-refractivity contribution in [3.63, 3.8) is 0 Å². The van der Waals surface area contributed by atoms with Crippen molar-refractivity contribution in [2.24, 2.45) is 5.92 Å². The first-order chi connectivity index (χ1) is 6.63. The van der Waals surface area contributed by atoms with Crippen LogP contribution < -0.4 is 0 Å². The van der Waals surface area contributed by atoms with Crippen LogP contribution in [0, 0.1) is 5.92 Å². The van der Waals surface area contributed by atoms with E-state index < -0.39 is 0 Å². The van der Waals surface area contributed by atoms with E-state index in [0.29, 0.717) is 11.8 Å². The second-order valence-electron chi connectivity index (χ2n) is 4.73. The molecule has 0 spiro atoms. The van der Waals surface area contributed by atoms with Crippen LogP contribution in [0.15, 0.2) is 30.3 Å². The highest BCUT2D eigenvalue weighted by atomic mass is 16.6. The summed E-state index contributed by atoms with van der Waals surface area (Å²) in [5, 5.41) is 0. The van der Waals surface area contributed by atoms with Crippen molar-refractivity contribution in [2.45, 2.75) is 32.3 Å². The first kappa shape index (κ1) is 9.72. The molecule has 1 aromatic carbocycles. The molecule has 1 fully saturated rings. The van der Waals surface area contributed by atoms with Gasteiger partial charge in [0.15, 0.2) is 0 Å². The number of rotatable bonds is 3. The largest absolute Gasteiger partial charge is 0.369 e. The first-order valence-corrected chi connectivity index (χ1v) is 5.32. The van der Waals surface area contributed by atoms with E-state index in [-0.39, 0.29) is 5.60 Å². The van der Waals surface area contributed by atoms with Gasteiger partial charge in [0.05, 0.1) is 12.2 Å². The molecule has 1 nitrogen and oxygen atoms in total. The minimum absolute atomic E-state index is 0.0928. The van der Waals surface area contributed by atoms with E-state index in [9.17, 15) is 0 Å². The molecule has 1 heterocycles. The molecule has 0 saturated carbocycles. The van der Waals surface area contributed by atoms with Crippen molar-refractivity contribution in [1.82, 2.24) is 0 Å². The van der Waals surface area contributed by atoms with Crippen molar-refractivity contribution < 1.29 is 4.74 Å². The molecule has 1 saturated heterocycles. The lowest BCUT2D eigenvalue weighted by atomic mass is 9.79. The summed E-state index contributed by atoms with van der Waals surface area (Å²) in [7, 11) is 0. The van der Waals surface area contributed by atoms with Gasteiger partial charge in [0.25, 0.3) is 0 Å². The smallest absolute Gasteiger partial charge is 0.0959 e. The Labute approximate surface area is 86.1 Å². The van der Waals surface area contributed by atoms with Crippen LogP contribution in [-0.2, 0) is 4.74 Å². The summed E-state index contributed by atoms with van der Waals surface area (Å²) in [5.74, 6) is 1.16. The highest BCUT2D eigenvalue weighted by Crippen LogP contribution is 2.45. The Morgan fingerprint density at radius 2 is 1.79 bits per heavy atom. The SMILES string of the molecule is CC(C)C(c1ccccc1)C1(C)CO1. The molecule has 0 aromatic heterocycles. The van der Waals surface area contributed by atoms with Crippen molar-refractivity contribution in [3.8, 4) is 0 Å². The van der Waals surface area contributed by atoms with Gasteiger partial charge in [-0.3, -0.25) is 0 Å². The maximum Gasteiger partial charge on any atom is 0.0959 e. The highest BCUT2D eigenvalue weighted by Gasteiger charge is 2.48. The van der Waals surface area contributed by atoms with Crippen LogP contribution in [0.3, 0.4) is 0 Å². The van der Waals surface area contributed by atoms with Gasteiger partial charge in [-0.05, 0) is 18.4 Å². The average molecular weight is 190 g/mol. The lowest BCUT2D eigenvalue weighted by Gasteiger charge is -2.25. The topological polar surface area (TPSA) is 12.5 Å². The molecule has 1 aliphatic rings. The fourth-order valence-corrected chi connectivity index (χ4v) is 2.40. The van der Waals surface area contributed by atoms with Gasteiger partial charge >= 0.3 is 0 Å². The van der Waals surface area contributed by atoms with Gasteiger partial charge in [0.1, 0.15) is 0 Å². The summed E-state index contributed by atoms with van der Waals surface area (Å²) in [6.07, 6.45) is 0. The average Bonchev–Trinajstić information content (AvgIpc) is 2.85. The van der Waals surface area contributed by atoms with E-state index in [1.54, 1.807) is 0 Å². The molecule has 1 aliphatic heterocycles. The summed E-state index contributed by atoms with van der Waals surface area (Å²) >= 11 is 0. The Bertz CT molecular complexity index is 298. The molecular weight excluding hydrogens is 172 g/mol. The molecule has 76 valence electrons. The number of hydrogen-bond donors (Lipinski definition) is 0. The summed E-state index contributed by atoms with van der Waals surface area (Å²) in [6, 6.07) is 10.7. The molecule has 14 heavy (non-hydrogen) atoms. The highest BCUT2D eigenvalue weighted by molar-refractivity contribution is 5.25. The Hall–Kier alpha value is -0.820. The lowest BCUT2D eigenvalue weighted by Crippen LogP contribution is -2.23. The molecule has 0 radical (unpaired) electrons. The number of ether oxygens (including phenoxy) is 1. The third kappa shape index (κ3) is 1.69. The molecular formula is C13H18O. The van der Waals surface area contributed by atoms with Crippen molar-refractivity contribution >= 4 is 0 Å². The Morgan fingerprint density at radius 3 is 2.21 bits per heavy atom. The summed E-state index contributed by atoms with van der Waals surface area (Å²) in [5.41, 5.74) is 1.50. The van der Waals surface area contributed by atoms with Gasteiger partial charge in [0.2, 0.25) is 0 Å². The monoisotopic (exact) mass is 190 g/mol. The fourth-order valence-electron chi connectivity index (χ4n) is 2.40. The van der Waals surface area contributed by atoms with E-state index in [1.807, 2.05) is 0 Å². The van der Waals surface area contributed by atoms with Gasteiger partial charge in [-0.1, -0.05) is 44.2 Å². The maximum atomic E-state index is 5.57. The van der Waals surface area contributed by atoms with Crippen molar-refractivity contribution in [3.05, 3.63) is 35.9 Å². The molecule has 1 heteroatoms. The number of hydrogen-bond acceptors (Lipinski definition) is 1. The Morgan fingerprint density at radius 1 is 1.21 bits per heavy atom. The van der Waals surface area contributed by atoms with Gasteiger partial charge < -0.3 is 4.74 Å². The maximum absolute atomic E-state index is 5.57. The molecule has 0 aliphatic carbocycles. The van der Waals surface area contributed by atoms with E-state index in [0.717, 1.165) is 6.61 Å². The molecule has 2 atom stereocenters. The minimum Gasteiger partial charge on any atom is -0.369 e. The second kappa shape index (κ2) is 3.39. The van der Waals surface area contributed by atoms with Crippen LogP contribution in [0.25, 0.3) is 0 Å². The van der Waals surface area contributed by atoms with E-state index in [4.69, 9.17) is 4.74 Å². The van der Waals surface area contributed by atoms with Crippen LogP contribution in [0.2, 0.25) is 0 Å². The summed E-state index contributed by atoms with van der Waals surface area (Å²) in [4.78, 5) is 0. The third-order valence-electron chi connectivity index (χ3n) is 3.08. The van der Waals surface area contributed by atoms with Gasteiger partial charge in [-0.15, -0.1) is 0 Å². The van der Waals surface area contributed by atoms with Crippen LogP contribution in [0.5, 0.6) is 0 Å². The number of benzene rings is 1. The van der Waals surface area contributed by atoms with Crippen molar-refractivity contribution in [1.29, 1.82) is 0 Å². The molecule has 0 N–H and O–H groups in total. The molecule has 1 aromatic rings. The molecule has 2 rings (SSSR count). The molecule has 0 bridgehead atoms. The van der Waals surface area contributed by atoms with Crippen LogP contribution in [0.1, 0.15) is 32.3 Å². The third-order valence-corrected chi connectivity index (χ3v) is 3.08. The number of epoxide rings is 1. The van der Waals surface area contributed by atoms with Crippen molar-refractivity contribution in [2.75, 3.05) is 6.61 Å². The van der Waals surface area contributed by atoms with Gasteiger partial charge in [-0.25, -0.2) is 0 Å². The second-order valence-corrected chi connectivity index (χ2v) is 4.73. The normalized spacial score (nSPS) is 27.7. The quantitative estimate of drug-likeness (QED) is 0.667. The lowest BCUT2D eigenvalue weighted by molar-refractivity contribution is 0.246. The van der Waals surface area contributed by atoms with Gasteiger partial charge in [-0.2, -0.15) is 0 Å². The summed E-state index contributed by atoms with van der Waals surface area (Å²) < 4.78 is 5.57. The Balaban J connectivity index is 2.28. The zero-order chi connectivity index (χ0) is 10.2. The minimum atomic E-state index is 0.0928. The predicted molar refractivity (Wildman–Crippen MR) is 58.4 cm³/mol. The zero-order valence-electron chi connectivity index (χ0n) is 9.16. The molecule has 2 unspecified atom stereocenters. The zero-order valence-corrected chi connectivity index (χ0v) is 9.16. The standard InChI is InChI=1S/C13H18O/c1-10(2)12(13(3)9-14-13)11-7-5-4-6-8-11/h4-8,10,12H,9H2,1-3H3.